The van der Waals surface area contributed by atoms with Gasteiger partial charge in [0.15, 0.2) is 17.5 Å². The average Bonchev–Trinajstić information content (AvgIpc) is 3.31. The van der Waals surface area contributed by atoms with Crippen molar-refractivity contribution >= 4 is 29.0 Å². The van der Waals surface area contributed by atoms with Crippen LogP contribution in [0.1, 0.15) is 18.4 Å². The Morgan fingerprint density at radius 1 is 1.09 bits per heavy atom. The minimum Gasteiger partial charge on any atom is -1.00 e. The number of aromatic nitrogens is 1. The molecule has 0 saturated carbocycles. The molecule has 0 aliphatic heterocycles. The van der Waals surface area contributed by atoms with Crippen molar-refractivity contribution < 1.29 is 41.9 Å². The number of anilines is 1. The topological polar surface area (TPSA) is 140 Å². The van der Waals surface area contributed by atoms with Crippen LogP contribution in [0, 0.1) is 6.92 Å². The standard InChI is InChI=1S/C24H28N4O5S.ClH/c1-13-9-15(11-20(32-3)23(13)33-4)22-16(12-34-28-22)14-5-7-19(31-2)18(10-14)27-24(30)17(25)6-8-21(26)29;/h5,7,9-12,17H,6,8,25H2,1-4H3,(H2,26,29)(H,27,30);1H/t17-;/m1./s1. The highest BCUT2D eigenvalue weighted by atomic mass is 35.5. The molecule has 9 nitrogen and oxygen atoms in total. The maximum Gasteiger partial charge on any atom is 0.282 e. The molecule has 0 aliphatic rings. The van der Waals surface area contributed by atoms with Gasteiger partial charge < -0.3 is 43.4 Å². The molecule has 0 saturated heterocycles. The number of carbonyl (C=O) groups excluding carboxylic acids is 2. The number of nitrogens with two attached hydrogens (primary N) is 1. The van der Waals surface area contributed by atoms with E-state index in [4.69, 9.17) is 19.9 Å². The van der Waals surface area contributed by atoms with Crippen molar-refractivity contribution in [1.82, 2.24) is 4.37 Å². The van der Waals surface area contributed by atoms with Crippen LogP contribution in [0.5, 0.6) is 17.2 Å². The van der Waals surface area contributed by atoms with Gasteiger partial charge in [0.25, 0.3) is 5.91 Å². The van der Waals surface area contributed by atoms with Gasteiger partial charge in [-0.05, 0) is 53.8 Å². The molecular formula is C24H29ClN4O5S. The first-order valence-corrected chi connectivity index (χ1v) is 11.4. The molecule has 0 spiro atoms. The molecule has 1 atom stereocenters. The predicted octanol–water partition coefficient (Wildman–Crippen LogP) is -0.370. The number of hydrogen-bond donors (Lipinski definition) is 3. The predicted molar refractivity (Wildman–Crippen MR) is 131 cm³/mol. The molecule has 35 heavy (non-hydrogen) atoms. The highest BCUT2D eigenvalue weighted by Crippen LogP contribution is 2.40. The molecule has 6 N–H and O–H groups in total. The molecule has 0 bridgehead atoms. The van der Waals surface area contributed by atoms with Crippen LogP contribution in [0.4, 0.5) is 5.69 Å². The highest BCUT2D eigenvalue weighted by molar-refractivity contribution is 7.04. The zero-order valence-electron chi connectivity index (χ0n) is 20.0. The Bertz CT molecular complexity index is 1200. The summed E-state index contributed by atoms with van der Waals surface area (Å²) in [6, 6.07) is 8.78. The van der Waals surface area contributed by atoms with Crippen molar-refractivity contribution in [2.75, 3.05) is 26.6 Å². The quantitative estimate of drug-likeness (QED) is 0.333. The lowest BCUT2D eigenvalue weighted by molar-refractivity contribution is -0.403. The molecule has 1 heterocycles. The van der Waals surface area contributed by atoms with E-state index in [0.717, 1.165) is 27.9 Å². The van der Waals surface area contributed by atoms with E-state index in [1.807, 2.05) is 36.6 Å². The lowest BCUT2D eigenvalue weighted by Crippen LogP contribution is -3.00. The van der Waals surface area contributed by atoms with Crippen LogP contribution in [0.2, 0.25) is 0 Å². The number of benzene rings is 2. The summed E-state index contributed by atoms with van der Waals surface area (Å²) in [5.41, 5.74) is 13.9. The molecule has 3 aromatic rings. The second-order valence-corrected chi connectivity index (χ2v) is 8.34. The Balaban J connectivity index is 0.00000432. The van der Waals surface area contributed by atoms with E-state index >= 15 is 0 Å². The van der Waals surface area contributed by atoms with Crippen molar-refractivity contribution in [3.05, 3.63) is 41.3 Å². The zero-order chi connectivity index (χ0) is 24.8. The van der Waals surface area contributed by atoms with E-state index in [1.54, 1.807) is 20.3 Å². The molecule has 2 amide bonds. The van der Waals surface area contributed by atoms with Gasteiger partial charge in [-0.1, -0.05) is 6.07 Å². The number of amides is 2. The normalized spacial score (nSPS) is 11.2. The fraction of sp³-hybridized carbons (Fsp3) is 0.292. The van der Waals surface area contributed by atoms with Gasteiger partial charge >= 0.3 is 0 Å². The van der Waals surface area contributed by atoms with Crippen molar-refractivity contribution in [1.29, 1.82) is 0 Å². The SMILES string of the molecule is COc1ccc(-c2csnc2-c2cc(C)c(OC)c(OC)c2)cc1NC(=O)[C@H]([NH3+])CCC(N)=O.[Cl-]. The summed E-state index contributed by atoms with van der Waals surface area (Å²) >= 11 is 1.33. The zero-order valence-corrected chi connectivity index (χ0v) is 21.6. The number of nitrogens with one attached hydrogen (secondary N) is 1. The van der Waals surface area contributed by atoms with Crippen LogP contribution in [-0.4, -0.2) is 43.6 Å². The Kier molecular flexibility index (Phi) is 9.88. The van der Waals surface area contributed by atoms with Gasteiger partial charge in [0.05, 0.1) is 32.7 Å². The molecule has 0 radical (unpaired) electrons. The van der Waals surface area contributed by atoms with Crippen LogP contribution in [-0.2, 0) is 9.59 Å². The largest absolute Gasteiger partial charge is 1.00 e. The van der Waals surface area contributed by atoms with Gasteiger partial charge in [-0.25, -0.2) is 0 Å². The van der Waals surface area contributed by atoms with Crippen molar-refractivity contribution in [3.8, 4) is 39.6 Å². The second kappa shape index (κ2) is 12.4. The summed E-state index contributed by atoms with van der Waals surface area (Å²) in [5, 5.41) is 4.81. The van der Waals surface area contributed by atoms with Gasteiger partial charge in [-0.15, -0.1) is 0 Å². The molecule has 0 unspecified atom stereocenters. The third kappa shape index (κ3) is 6.41. The van der Waals surface area contributed by atoms with Gasteiger partial charge in [0.1, 0.15) is 5.75 Å². The number of halogens is 1. The summed E-state index contributed by atoms with van der Waals surface area (Å²) in [6.45, 7) is 1.95. The minimum atomic E-state index is -0.631. The summed E-state index contributed by atoms with van der Waals surface area (Å²) in [5.74, 6) is 1.01. The van der Waals surface area contributed by atoms with Gasteiger partial charge in [-0.2, -0.15) is 4.37 Å². The van der Waals surface area contributed by atoms with Crippen LogP contribution >= 0.6 is 11.5 Å². The summed E-state index contributed by atoms with van der Waals surface area (Å²) < 4.78 is 21.0. The average molecular weight is 521 g/mol. The molecule has 188 valence electrons. The van der Waals surface area contributed by atoms with E-state index in [2.05, 4.69) is 15.4 Å². The third-order valence-electron chi connectivity index (χ3n) is 5.39. The van der Waals surface area contributed by atoms with Gasteiger partial charge in [0, 0.05) is 29.3 Å². The van der Waals surface area contributed by atoms with Crippen LogP contribution in [0.15, 0.2) is 35.7 Å². The first-order valence-electron chi connectivity index (χ1n) is 10.6. The van der Waals surface area contributed by atoms with Crippen LogP contribution in [0.3, 0.4) is 0 Å². The molecule has 2 aromatic carbocycles. The Morgan fingerprint density at radius 3 is 2.43 bits per heavy atom. The number of ether oxygens (including phenoxy) is 3. The second-order valence-electron chi connectivity index (χ2n) is 7.71. The van der Waals surface area contributed by atoms with Crippen molar-refractivity contribution in [2.45, 2.75) is 25.8 Å². The maximum absolute atomic E-state index is 12.6. The number of nitrogens with zero attached hydrogens (tertiary/aromatic N) is 1. The van der Waals surface area contributed by atoms with E-state index in [-0.39, 0.29) is 31.2 Å². The van der Waals surface area contributed by atoms with Crippen molar-refractivity contribution in [3.63, 3.8) is 0 Å². The molecule has 11 heteroatoms. The van der Waals surface area contributed by atoms with E-state index in [1.165, 1.54) is 18.6 Å². The summed E-state index contributed by atoms with van der Waals surface area (Å²) in [7, 11) is 4.74. The van der Waals surface area contributed by atoms with E-state index in [9.17, 15) is 9.59 Å². The first-order chi connectivity index (χ1) is 16.3. The van der Waals surface area contributed by atoms with E-state index in [0.29, 0.717) is 22.9 Å². The van der Waals surface area contributed by atoms with Crippen molar-refractivity contribution in [2.24, 2.45) is 5.73 Å². The maximum atomic E-state index is 12.6. The molecule has 3 rings (SSSR count). The summed E-state index contributed by atoms with van der Waals surface area (Å²) in [4.78, 5) is 23.7. The van der Waals surface area contributed by atoms with Crippen LogP contribution < -0.4 is 43.4 Å². The Labute approximate surface area is 214 Å². The number of aryl methyl sites for hydroxylation is 1. The molecule has 1 aromatic heterocycles. The highest BCUT2D eigenvalue weighted by Gasteiger charge is 2.21. The molecule has 0 aliphatic carbocycles. The number of hydrogen-bond acceptors (Lipinski definition) is 7. The fourth-order valence-electron chi connectivity index (χ4n) is 3.60. The minimum absolute atomic E-state index is 0. The van der Waals surface area contributed by atoms with Gasteiger partial charge in [0.2, 0.25) is 5.91 Å². The summed E-state index contributed by atoms with van der Waals surface area (Å²) in [6.07, 6.45) is 0.355. The number of carbonyl (C=O) groups is 2. The lowest BCUT2D eigenvalue weighted by atomic mass is 9.99. The molecular weight excluding hydrogens is 492 g/mol. The van der Waals surface area contributed by atoms with E-state index < -0.39 is 11.9 Å². The number of rotatable bonds is 10. The van der Waals surface area contributed by atoms with Crippen LogP contribution in [0.25, 0.3) is 22.4 Å². The monoisotopic (exact) mass is 520 g/mol. The Hall–Kier alpha value is -3.34. The smallest absolute Gasteiger partial charge is 0.282 e. The third-order valence-corrected chi connectivity index (χ3v) is 6.02. The number of quaternary nitrogens is 1. The fourth-order valence-corrected chi connectivity index (χ4v) is 4.31. The Morgan fingerprint density at radius 2 is 1.80 bits per heavy atom. The van der Waals surface area contributed by atoms with Gasteiger partial charge in [-0.3, -0.25) is 9.59 Å². The number of methoxy groups -OCH3 is 3. The molecule has 0 fully saturated rings. The lowest BCUT2D eigenvalue weighted by Gasteiger charge is -2.15. The first kappa shape index (κ1) is 27.9. The number of primary amides is 1.